The zero-order valence-corrected chi connectivity index (χ0v) is 13.9. The fraction of sp³-hybridized carbons (Fsp3) is 0.941. The van der Waals surface area contributed by atoms with Crippen molar-refractivity contribution in [3.05, 3.63) is 0 Å². The number of carbonyl (C=O) groups is 1. The first-order valence-corrected chi connectivity index (χ1v) is 8.51. The first-order valence-electron chi connectivity index (χ1n) is 8.51. The van der Waals surface area contributed by atoms with E-state index in [9.17, 15) is 4.79 Å². The molecule has 3 saturated heterocycles. The van der Waals surface area contributed by atoms with Crippen molar-refractivity contribution in [1.82, 2.24) is 9.80 Å². The van der Waals surface area contributed by atoms with Gasteiger partial charge in [0, 0.05) is 30.0 Å². The summed E-state index contributed by atoms with van der Waals surface area (Å²) >= 11 is 0. The number of amides is 1. The van der Waals surface area contributed by atoms with Gasteiger partial charge in [-0.25, -0.2) is 0 Å². The zero-order chi connectivity index (χ0) is 15.1. The fourth-order valence-electron chi connectivity index (χ4n) is 3.94. The minimum atomic E-state index is 0.232. The van der Waals surface area contributed by atoms with Crippen molar-refractivity contribution in [2.24, 2.45) is 11.3 Å². The van der Waals surface area contributed by atoms with Crippen LogP contribution in [0.1, 0.15) is 46.5 Å². The second-order valence-electron chi connectivity index (χ2n) is 8.25. The van der Waals surface area contributed by atoms with Gasteiger partial charge >= 0.3 is 0 Å². The van der Waals surface area contributed by atoms with E-state index in [0.717, 1.165) is 65.1 Å². The standard InChI is InChI=1S/C17H30N2O2/c1-16(2,3)19-8-4-14(5-9-19)15(20)18-10-6-17(7-11-18)12-21-13-17/h14H,4-13H2,1-3H3. The Balaban J connectivity index is 1.48. The molecule has 0 unspecified atom stereocenters. The lowest BCUT2D eigenvalue weighted by Gasteiger charge is -2.48. The third-order valence-corrected chi connectivity index (χ3v) is 5.75. The average molecular weight is 294 g/mol. The topological polar surface area (TPSA) is 32.8 Å². The maximum atomic E-state index is 12.7. The number of rotatable bonds is 1. The number of carbonyl (C=O) groups excluding carboxylic acids is 1. The van der Waals surface area contributed by atoms with Gasteiger partial charge in [-0.15, -0.1) is 0 Å². The highest BCUT2D eigenvalue weighted by Gasteiger charge is 2.43. The molecule has 0 bridgehead atoms. The van der Waals surface area contributed by atoms with Crippen LogP contribution in [0.4, 0.5) is 0 Å². The molecular weight excluding hydrogens is 264 g/mol. The molecule has 0 aliphatic carbocycles. The second-order valence-corrected chi connectivity index (χ2v) is 8.25. The van der Waals surface area contributed by atoms with E-state index in [1.807, 2.05) is 0 Å². The van der Waals surface area contributed by atoms with E-state index in [4.69, 9.17) is 4.74 Å². The highest BCUT2D eigenvalue weighted by atomic mass is 16.5. The number of hydrogen-bond donors (Lipinski definition) is 0. The molecule has 3 rings (SSSR count). The van der Waals surface area contributed by atoms with Crippen molar-refractivity contribution in [2.75, 3.05) is 39.4 Å². The van der Waals surface area contributed by atoms with E-state index in [0.29, 0.717) is 11.3 Å². The highest BCUT2D eigenvalue weighted by molar-refractivity contribution is 5.79. The molecule has 0 aromatic heterocycles. The molecule has 0 saturated carbocycles. The molecule has 0 aromatic carbocycles. The van der Waals surface area contributed by atoms with Crippen molar-refractivity contribution in [2.45, 2.75) is 52.0 Å². The van der Waals surface area contributed by atoms with Gasteiger partial charge in [0.15, 0.2) is 0 Å². The summed E-state index contributed by atoms with van der Waals surface area (Å²) in [5.74, 6) is 0.675. The van der Waals surface area contributed by atoms with E-state index in [-0.39, 0.29) is 11.5 Å². The number of piperidine rings is 2. The Labute approximate surface area is 128 Å². The van der Waals surface area contributed by atoms with Crippen LogP contribution in [0.15, 0.2) is 0 Å². The lowest BCUT2D eigenvalue weighted by molar-refractivity contribution is -0.156. The van der Waals surface area contributed by atoms with E-state index in [1.54, 1.807) is 0 Å². The molecular formula is C17H30N2O2. The monoisotopic (exact) mass is 294 g/mol. The molecule has 3 aliphatic heterocycles. The van der Waals surface area contributed by atoms with Crippen LogP contribution in [-0.4, -0.2) is 60.6 Å². The summed E-state index contributed by atoms with van der Waals surface area (Å²) in [6.45, 7) is 12.6. The molecule has 3 heterocycles. The molecule has 0 N–H and O–H groups in total. The Morgan fingerprint density at radius 1 is 1.05 bits per heavy atom. The van der Waals surface area contributed by atoms with Crippen LogP contribution in [0, 0.1) is 11.3 Å². The van der Waals surface area contributed by atoms with Gasteiger partial charge in [-0.05, 0) is 59.5 Å². The van der Waals surface area contributed by atoms with E-state index in [1.165, 1.54) is 0 Å². The van der Waals surface area contributed by atoms with Gasteiger partial charge < -0.3 is 9.64 Å². The molecule has 120 valence electrons. The van der Waals surface area contributed by atoms with Gasteiger partial charge in [0.25, 0.3) is 0 Å². The molecule has 4 heteroatoms. The van der Waals surface area contributed by atoms with Crippen molar-refractivity contribution in [3.8, 4) is 0 Å². The van der Waals surface area contributed by atoms with Crippen LogP contribution >= 0.6 is 0 Å². The van der Waals surface area contributed by atoms with Gasteiger partial charge in [0.05, 0.1) is 13.2 Å². The van der Waals surface area contributed by atoms with E-state index >= 15 is 0 Å². The molecule has 21 heavy (non-hydrogen) atoms. The summed E-state index contributed by atoms with van der Waals surface area (Å²) in [4.78, 5) is 17.3. The molecule has 1 amide bonds. The van der Waals surface area contributed by atoms with Gasteiger partial charge in [-0.1, -0.05) is 0 Å². The summed E-state index contributed by atoms with van der Waals surface area (Å²) < 4.78 is 5.36. The van der Waals surface area contributed by atoms with Crippen LogP contribution in [0.2, 0.25) is 0 Å². The van der Waals surface area contributed by atoms with Crippen molar-refractivity contribution in [1.29, 1.82) is 0 Å². The fourth-order valence-corrected chi connectivity index (χ4v) is 3.94. The quantitative estimate of drug-likeness (QED) is 0.743. The smallest absolute Gasteiger partial charge is 0.225 e. The molecule has 4 nitrogen and oxygen atoms in total. The van der Waals surface area contributed by atoms with Crippen LogP contribution in [0.5, 0.6) is 0 Å². The number of ether oxygens (including phenoxy) is 1. The first-order chi connectivity index (χ1) is 9.90. The zero-order valence-electron chi connectivity index (χ0n) is 13.9. The molecule has 3 fully saturated rings. The number of hydrogen-bond acceptors (Lipinski definition) is 3. The predicted octanol–water partition coefficient (Wildman–Crippen LogP) is 2.14. The minimum absolute atomic E-state index is 0.232. The SMILES string of the molecule is CC(C)(C)N1CCC(C(=O)N2CCC3(CC2)COC3)CC1. The second kappa shape index (κ2) is 5.54. The van der Waals surface area contributed by atoms with Crippen LogP contribution in [0.3, 0.4) is 0 Å². The molecule has 0 aromatic rings. The first kappa shape index (κ1) is 15.3. The Morgan fingerprint density at radius 2 is 1.62 bits per heavy atom. The van der Waals surface area contributed by atoms with Crippen LogP contribution in [0.25, 0.3) is 0 Å². The number of likely N-dealkylation sites (tertiary alicyclic amines) is 2. The summed E-state index contributed by atoms with van der Waals surface area (Å²) in [5.41, 5.74) is 0.655. The third kappa shape index (κ3) is 3.11. The van der Waals surface area contributed by atoms with Gasteiger partial charge in [-0.3, -0.25) is 9.69 Å². The predicted molar refractivity (Wildman–Crippen MR) is 83.1 cm³/mol. The van der Waals surface area contributed by atoms with E-state index in [2.05, 4.69) is 30.6 Å². The Morgan fingerprint density at radius 3 is 2.05 bits per heavy atom. The Hall–Kier alpha value is -0.610. The summed E-state index contributed by atoms with van der Waals surface area (Å²) in [7, 11) is 0. The maximum Gasteiger partial charge on any atom is 0.225 e. The van der Waals surface area contributed by atoms with Gasteiger partial charge in [0.1, 0.15) is 0 Å². The Kier molecular flexibility index (Phi) is 4.04. The highest BCUT2D eigenvalue weighted by Crippen LogP contribution is 2.39. The van der Waals surface area contributed by atoms with Crippen LogP contribution in [-0.2, 0) is 9.53 Å². The number of nitrogens with zero attached hydrogens (tertiary/aromatic N) is 2. The third-order valence-electron chi connectivity index (χ3n) is 5.75. The summed E-state index contributed by atoms with van der Waals surface area (Å²) in [6.07, 6.45) is 4.33. The molecule has 1 spiro atoms. The minimum Gasteiger partial charge on any atom is -0.380 e. The van der Waals surface area contributed by atoms with Crippen molar-refractivity contribution < 1.29 is 9.53 Å². The summed E-state index contributed by atoms with van der Waals surface area (Å²) in [5, 5.41) is 0. The lowest BCUT2D eigenvalue weighted by atomic mass is 9.76. The molecule has 3 aliphatic rings. The van der Waals surface area contributed by atoms with Crippen molar-refractivity contribution in [3.63, 3.8) is 0 Å². The average Bonchev–Trinajstić information content (AvgIpc) is 2.44. The molecule has 0 atom stereocenters. The van der Waals surface area contributed by atoms with E-state index < -0.39 is 0 Å². The largest absolute Gasteiger partial charge is 0.380 e. The van der Waals surface area contributed by atoms with Gasteiger partial charge in [-0.2, -0.15) is 0 Å². The summed E-state index contributed by atoms with van der Waals surface area (Å²) in [6, 6.07) is 0. The van der Waals surface area contributed by atoms with Crippen LogP contribution < -0.4 is 0 Å². The molecule has 0 radical (unpaired) electrons. The Bertz CT molecular complexity index is 380. The lowest BCUT2D eigenvalue weighted by Crippen LogP contribution is -2.54. The van der Waals surface area contributed by atoms with Gasteiger partial charge in [0.2, 0.25) is 5.91 Å². The van der Waals surface area contributed by atoms with Crippen molar-refractivity contribution >= 4 is 5.91 Å². The maximum absolute atomic E-state index is 12.7. The normalized spacial score (nSPS) is 27.7.